The van der Waals surface area contributed by atoms with Crippen LogP contribution in [0.5, 0.6) is 0 Å². The molecule has 0 bridgehead atoms. The summed E-state index contributed by atoms with van der Waals surface area (Å²) in [4.78, 5) is 0. The lowest BCUT2D eigenvalue weighted by atomic mass is 10.1. The van der Waals surface area contributed by atoms with Crippen LogP contribution in [0.2, 0.25) is 0 Å². The molecular weight excluding hydrogens is 208 g/mol. The van der Waals surface area contributed by atoms with Crippen molar-refractivity contribution < 1.29 is 0 Å². The third kappa shape index (κ3) is 3.00. The molecule has 2 aromatic carbocycles. The molecule has 0 aromatic heterocycles. The summed E-state index contributed by atoms with van der Waals surface area (Å²) in [6.45, 7) is 6.24. The SMILES string of the molecule is Cc1cc(C)cc(Nc2cc(C)cc(N)c2)c1. The van der Waals surface area contributed by atoms with Crippen molar-refractivity contribution in [1.29, 1.82) is 0 Å². The van der Waals surface area contributed by atoms with E-state index in [0.717, 1.165) is 22.6 Å². The smallest absolute Gasteiger partial charge is 0.0407 e. The van der Waals surface area contributed by atoms with Crippen molar-refractivity contribution in [2.75, 3.05) is 11.1 Å². The Bertz CT molecular complexity index is 455. The maximum atomic E-state index is 5.83. The third-order valence-corrected chi connectivity index (χ3v) is 2.61. The lowest BCUT2D eigenvalue weighted by Gasteiger charge is -2.10. The molecule has 0 fully saturated rings. The molecular formula is C15H18N2. The summed E-state index contributed by atoms with van der Waals surface area (Å²) in [6.07, 6.45) is 0. The molecule has 0 aliphatic carbocycles. The van der Waals surface area contributed by atoms with E-state index in [2.05, 4.69) is 43.4 Å². The molecule has 0 spiro atoms. The summed E-state index contributed by atoms with van der Waals surface area (Å²) in [5, 5.41) is 3.39. The molecule has 0 saturated heterocycles. The zero-order valence-electron chi connectivity index (χ0n) is 10.5. The van der Waals surface area contributed by atoms with Crippen molar-refractivity contribution in [2.24, 2.45) is 0 Å². The normalized spacial score (nSPS) is 10.3. The highest BCUT2D eigenvalue weighted by atomic mass is 14.9. The monoisotopic (exact) mass is 226 g/mol. The Labute approximate surface area is 102 Å². The van der Waals surface area contributed by atoms with Gasteiger partial charge in [0.05, 0.1) is 0 Å². The Morgan fingerprint density at radius 2 is 1.18 bits per heavy atom. The molecule has 2 aromatic rings. The lowest BCUT2D eigenvalue weighted by Crippen LogP contribution is -1.94. The number of hydrogen-bond donors (Lipinski definition) is 2. The molecule has 0 unspecified atom stereocenters. The third-order valence-electron chi connectivity index (χ3n) is 2.61. The molecule has 2 nitrogen and oxygen atoms in total. The van der Waals surface area contributed by atoms with Crippen LogP contribution in [0, 0.1) is 20.8 Å². The number of hydrogen-bond acceptors (Lipinski definition) is 2. The molecule has 17 heavy (non-hydrogen) atoms. The maximum Gasteiger partial charge on any atom is 0.0407 e. The molecule has 0 heterocycles. The first kappa shape index (κ1) is 11.5. The van der Waals surface area contributed by atoms with Gasteiger partial charge in [0.25, 0.3) is 0 Å². The van der Waals surface area contributed by atoms with E-state index in [-0.39, 0.29) is 0 Å². The quantitative estimate of drug-likeness (QED) is 0.761. The highest BCUT2D eigenvalue weighted by molar-refractivity contribution is 5.65. The van der Waals surface area contributed by atoms with E-state index in [4.69, 9.17) is 5.73 Å². The summed E-state index contributed by atoms with van der Waals surface area (Å²) in [5.74, 6) is 0. The molecule has 0 atom stereocenters. The Hall–Kier alpha value is -1.96. The van der Waals surface area contributed by atoms with E-state index < -0.39 is 0 Å². The highest BCUT2D eigenvalue weighted by Crippen LogP contribution is 2.22. The van der Waals surface area contributed by atoms with Gasteiger partial charge in [0.2, 0.25) is 0 Å². The Morgan fingerprint density at radius 1 is 0.706 bits per heavy atom. The van der Waals surface area contributed by atoms with E-state index in [1.165, 1.54) is 11.1 Å². The fourth-order valence-corrected chi connectivity index (χ4v) is 2.10. The second-order valence-electron chi connectivity index (χ2n) is 4.63. The first-order valence-corrected chi connectivity index (χ1v) is 5.75. The number of benzene rings is 2. The minimum Gasteiger partial charge on any atom is -0.399 e. The van der Waals surface area contributed by atoms with Crippen LogP contribution < -0.4 is 11.1 Å². The van der Waals surface area contributed by atoms with Crippen molar-refractivity contribution in [3.63, 3.8) is 0 Å². The second-order valence-corrected chi connectivity index (χ2v) is 4.63. The fourth-order valence-electron chi connectivity index (χ4n) is 2.10. The fraction of sp³-hybridized carbons (Fsp3) is 0.200. The largest absolute Gasteiger partial charge is 0.399 e. The summed E-state index contributed by atoms with van der Waals surface area (Å²) in [7, 11) is 0. The number of aryl methyl sites for hydroxylation is 3. The number of nitrogens with one attached hydrogen (secondary N) is 1. The van der Waals surface area contributed by atoms with Crippen LogP contribution >= 0.6 is 0 Å². The van der Waals surface area contributed by atoms with E-state index in [0.29, 0.717) is 0 Å². The van der Waals surface area contributed by atoms with Crippen molar-refractivity contribution in [1.82, 2.24) is 0 Å². The van der Waals surface area contributed by atoms with E-state index in [9.17, 15) is 0 Å². The lowest BCUT2D eigenvalue weighted by molar-refractivity contribution is 1.37. The predicted molar refractivity (Wildman–Crippen MR) is 74.8 cm³/mol. The second kappa shape index (κ2) is 4.50. The summed E-state index contributed by atoms with van der Waals surface area (Å²) in [6, 6.07) is 12.4. The van der Waals surface area contributed by atoms with Gasteiger partial charge in [-0.3, -0.25) is 0 Å². The van der Waals surface area contributed by atoms with Gasteiger partial charge in [0.1, 0.15) is 0 Å². The number of anilines is 3. The minimum absolute atomic E-state index is 0.789. The van der Waals surface area contributed by atoms with Crippen molar-refractivity contribution in [3.8, 4) is 0 Å². The first-order chi connectivity index (χ1) is 8.02. The van der Waals surface area contributed by atoms with Gasteiger partial charge in [-0.2, -0.15) is 0 Å². The molecule has 88 valence electrons. The highest BCUT2D eigenvalue weighted by Gasteiger charge is 1.99. The van der Waals surface area contributed by atoms with Gasteiger partial charge in [-0.1, -0.05) is 6.07 Å². The molecule has 2 rings (SSSR count). The van der Waals surface area contributed by atoms with Crippen LogP contribution in [0.4, 0.5) is 17.1 Å². The molecule has 0 amide bonds. The van der Waals surface area contributed by atoms with Gasteiger partial charge < -0.3 is 11.1 Å². The van der Waals surface area contributed by atoms with Crippen LogP contribution in [0.25, 0.3) is 0 Å². The molecule has 3 N–H and O–H groups in total. The number of nitrogens with two attached hydrogens (primary N) is 1. The van der Waals surface area contributed by atoms with Crippen LogP contribution in [0.3, 0.4) is 0 Å². The zero-order chi connectivity index (χ0) is 12.4. The Kier molecular flexibility index (Phi) is 3.05. The Morgan fingerprint density at radius 3 is 1.71 bits per heavy atom. The summed E-state index contributed by atoms with van der Waals surface area (Å²) < 4.78 is 0. The maximum absolute atomic E-state index is 5.83. The van der Waals surface area contributed by atoms with Gasteiger partial charge >= 0.3 is 0 Å². The average Bonchev–Trinajstić information content (AvgIpc) is 2.13. The minimum atomic E-state index is 0.789. The molecule has 2 heteroatoms. The van der Waals surface area contributed by atoms with Gasteiger partial charge in [-0.15, -0.1) is 0 Å². The Balaban J connectivity index is 2.31. The topological polar surface area (TPSA) is 38.0 Å². The van der Waals surface area contributed by atoms with E-state index in [1.54, 1.807) is 0 Å². The van der Waals surface area contributed by atoms with Crippen LogP contribution in [0.1, 0.15) is 16.7 Å². The van der Waals surface area contributed by atoms with E-state index >= 15 is 0 Å². The van der Waals surface area contributed by atoms with E-state index in [1.807, 2.05) is 19.1 Å². The molecule has 0 aliphatic heterocycles. The number of nitrogen functional groups attached to an aromatic ring is 1. The first-order valence-electron chi connectivity index (χ1n) is 5.75. The summed E-state index contributed by atoms with van der Waals surface area (Å²) >= 11 is 0. The predicted octanol–water partition coefficient (Wildman–Crippen LogP) is 3.94. The zero-order valence-corrected chi connectivity index (χ0v) is 10.5. The van der Waals surface area contributed by atoms with Crippen molar-refractivity contribution in [2.45, 2.75) is 20.8 Å². The van der Waals surface area contributed by atoms with Gasteiger partial charge in [-0.25, -0.2) is 0 Å². The number of rotatable bonds is 2. The molecule has 0 radical (unpaired) electrons. The summed E-state index contributed by atoms with van der Waals surface area (Å²) in [5.41, 5.74) is 12.4. The van der Waals surface area contributed by atoms with Crippen LogP contribution in [-0.2, 0) is 0 Å². The standard InChI is InChI=1S/C15H18N2/c1-10-4-11(2)7-14(6-10)17-15-8-12(3)5-13(16)9-15/h4-9,17H,16H2,1-3H3. The van der Waals surface area contributed by atoms with Crippen molar-refractivity contribution in [3.05, 3.63) is 53.1 Å². The molecule has 0 saturated carbocycles. The van der Waals surface area contributed by atoms with Gasteiger partial charge in [0.15, 0.2) is 0 Å². The van der Waals surface area contributed by atoms with Crippen LogP contribution in [-0.4, -0.2) is 0 Å². The van der Waals surface area contributed by atoms with Gasteiger partial charge in [-0.05, 0) is 67.8 Å². The van der Waals surface area contributed by atoms with Crippen molar-refractivity contribution >= 4 is 17.1 Å². The molecule has 0 aliphatic rings. The average molecular weight is 226 g/mol. The van der Waals surface area contributed by atoms with Gasteiger partial charge in [0, 0.05) is 17.1 Å². The van der Waals surface area contributed by atoms with Crippen LogP contribution in [0.15, 0.2) is 36.4 Å².